The van der Waals surface area contributed by atoms with Gasteiger partial charge < -0.3 is 15.3 Å². The maximum absolute atomic E-state index is 10.5. The van der Waals surface area contributed by atoms with E-state index in [1.54, 1.807) is 13.8 Å². The second-order valence-corrected chi connectivity index (χ2v) is 3.24. The van der Waals surface area contributed by atoms with Gasteiger partial charge in [-0.2, -0.15) is 0 Å². The number of phenols is 1. The van der Waals surface area contributed by atoms with E-state index in [-0.39, 0.29) is 11.3 Å². The van der Waals surface area contributed by atoms with E-state index in [4.69, 9.17) is 5.11 Å². The summed E-state index contributed by atoms with van der Waals surface area (Å²) in [6, 6.07) is 2.92. The molecular formula is C10H12O4. The van der Waals surface area contributed by atoms with Crippen LogP contribution in [0.2, 0.25) is 0 Å². The minimum absolute atomic E-state index is 0.131. The lowest BCUT2D eigenvalue weighted by Crippen LogP contribution is -2.10. The average Bonchev–Trinajstić information content (AvgIpc) is 2.12. The molecule has 0 fully saturated rings. The second kappa shape index (κ2) is 3.67. The number of carboxylic acid groups (broad SMARTS) is 1. The largest absolute Gasteiger partial charge is 0.507 e. The Morgan fingerprint density at radius 2 is 1.71 bits per heavy atom. The summed E-state index contributed by atoms with van der Waals surface area (Å²) in [5.74, 6) is -1.17. The van der Waals surface area contributed by atoms with Crippen molar-refractivity contribution in [3.05, 3.63) is 28.8 Å². The molecule has 0 aliphatic rings. The van der Waals surface area contributed by atoms with Gasteiger partial charge in [-0.05, 0) is 42.7 Å². The molecule has 1 aromatic rings. The van der Waals surface area contributed by atoms with Crippen molar-refractivity contribution in [1.29, 1.82) is 0 Å². The van der Waals surface area contributed by atoms with Gasteiger partial charge in [-0.1, -0.05) is 0 Å². The summed E-state index contributed by atoms with van der Waals surface area (Å²) in [7, 11) is 0. The minimum Gasteiger partial charge on any atom is -0.507 e. The Kier molecular flexibility index (Phi) is 2.76. The Balaban J connectivity index is 3.19. The third-order valence-corrected chi connectivity index (χ3v) is 2.06. The highest BCUT2D eigenvalue weighted by Gasteiger charge is 2.17. The number of aliphatic hydroxyl groups excluding tert-OH is 1. The molecule has 4 nitrogen and oxygen atoms in total. The van der Waals surface area contributed by atoms with Gasteiger partial charge in [0, 0.05) is 0 Å². The molecule has 0 aromatic heterocycles. The molecule has 0 spiro atoms. The molecule has 0 aliphatic heterocycles. The van der Waals surface area contributed by atoms with E-state index in [0.29, 0.717) is 11.1 Å². The number of aryl methyl sites for hydroxylation is 2. The number of aromatic hydroxyl groups is 1. The SMILES string of the molecule is Cc1cc(C(O)C(=O)O)cc(C)c1O. The van der Waals surface area contributed by atoms with Crippen molar-refractivity contribution < 1.29 is 20.1 Å². The number of aliphatic carboxylic acids is 1. The van der Waals surface area contributed by atoms with Crippen LogP contribution in [0, 0.1) is 13.8 Å². The molecule has 4 heteroatoms. The van der Waals surface area contributed by atoms with Crippen molar-refractivity contribution in [2.45, 2.75) is 20.0 Å². The van der Waals surface area contributed by atoms with Crippen LogP contribution in [0.15, 0.2) is 12.1 Å². The zero-order valence-electron chi connectivity index (χ0n) is 7.98. The van der Waals surface area contributed by atoms with Gasteiger partial charge in [-0.25, -0.2) is 4.79 Å². The summed E-state index contributed by atoms with van der Waals surface area (Å²) in [6.07, 6.45) is -1.53. The number of carboxylic acids is 1. The van der Waals surface area contributed by atoms with Gasteiger partial charge in [0.1, 0.15) is 5.75 Å². The highest BCUT2D eigenvalue weighted by Crippen LogP contribution is 2.26. The van der Waals surface area contributed by atoms with E-state index in [1.807, 2.05) is 0 Å². The van der Waals surface area contributed by atoms with Gasteiger partial charge in [0.25, 0.3) is 0 Å². The topological polar surface area (TPSA) is 77.8 Å². The first-order valence-electron chi connectivity index (χ1n) is 4.14. The predicted octanol–water partition coefficient (Wildman–Crippen LogP) is 1.13. The van der Waals surface area contributed by atoms with Crippen LogP contribution in [0.5, 0.6) is 5.75 Å². The third-order valence-electron chi connectivity index (χ3n) is 2.06. The van der Waals surface area contributed by atoms with Crippen LogP contribution in [0.1, 0.15) is 22.8 Å². The van der Waals surface area contributed by atoms with Crippen LogP contribution in [0.4, 0.5) is 0 Å². The third kappa shape index (κ3) is 1.85. The lowest BCUT2D eigenvalue weighted by Gasteiger charge is -2.10. The molecule has 1 aromatic carbocycles. The molecule has 0 amide bonds. The monoisotopic (exact) mass is 196 g/mol. The molecule has 0 saturated heterocycles. The molecule has 0 saturated carbocycles. The summed E-state index contributed by atoms with van der Waals surface area (Å²) in [5.41, 5.74) is 1.39. The quantitative estimate of drug-likeness (QED) is 0.662. The smallest absolute Gasteiger partial charge is 0.337 e. The van der Waals surface area contributed by atoms with Crippen LogP contribution in [-0.2, 0) is 4.79 Å². The van der Waals surface area contributed by atoms with Crippen LogP contribution in [0.3, 0.4) is 0 Å². The van der Waals surface area contributed by atoms with E-state index in [0.717, 1.165) is 0 Å². The number of hydrogen-bond acceptors (Lipinski definition) is 3. The van der Waals surface area contributed by atoms with E-state index in [2.05, 4.69) is 0 Å². The standard InChI is InChI=1S/C10H12O4/c1-5-3-7(9(12)10(13)14)4-6(2)8(5)11/h3-4,9,11-12H,1-2H3,(H,13,14). The molecule has 1 rings (SSSR count). The zero-order valence-corrected chi connectivity index (χ0v) is 7.98. The normalized spacial score (nSPS) is 12.5. The van der Waals surface area contributed by atoms with Crippen LogP contribution >= 0.6 is 0 Å². The van der Waals surface area contributed by atoms with Gasteiger partial charge in [0.2, 0.25) is 0 Å². The number of hydrogen-bond donors (Lipinski definition) is 3. The molecule has 0 radical (unpaired) electrons. The van der Waals surface area contributed by atoms with E-state index >= 15 is 0 Å². The number of phenolic OH excluding ortho intramolecular Hbond substituents is 1. The van der Waals surface area contributed by atoms with E-state index < -0.39 is 12.1 Å². The summed E-state index contributed by atoms with van der Waals surface area (Å²) in [6.45, 7) is 3.31. The number of benzene rings is 1. The molecule has 76 valence electrons. The van der Waals surface area contributed by atoms with Gasteiger partial charge in [-0.15, -0.1) is 0 Å². The summed E-state index contributed by atoms with van der Waals surface area (Å²) < 4.78 is 0. The number of aliphatic hydroxyl groups is 1. The second-order valence-electron chi connectivity index (χ2n) is 3.24. The molecule has 0 bridgehead atoms. The Labute approximate surface area is 81.4 Å². The molecule has 14 heavy (non-hydrogen) atoms. The molecule has 1 unspecified atom stereocenters. The van der Waals surface area contributed by atoms with Crippen LogP contribution in [0.25, 0.3) is 0 Å². The minimum atomic E-state index is -1.53. The van der Waals surface area contributed by atoms with Crippen LogP contribution < -0.4 is 0 Å². The Bertz CT molecular complexity index is 347. The number of carbonyl (C=O) groups is 1. The maximum Gasteiger partial charge on any atom is 0.337 e. The summed E-state index contributed by atoms with van der Waals surface area (Å²) in [5, 5.41) is 27.3. The van der Waals surface area contributed by atoms with Gasteiger partial charge >= 0.3 is 5.97 Å². The van der Waals surface area contributed by atoms with Crippen LogP contribution in [-0.4, -0.2) is 21.3 Å². The fraction of sp³-hybridized carbons (Fsp3) is 0.300. The summed E-state index contributed by atoms with van der Waals surface area (Å²) in [4.78, 5) is 10.5. The predicted molar refractivity (Wildman–Crippen MR) is 50.2 cm³/mol. The van der Waals surface area contributed by atoms with E-state index in [9.17, 15) is 15.0 Å². The maximum atomic E-state index is 10.5. The lowest BCUT2D eigenvalue weighted by atomic mass is 10.0. The molecule has 0 aliphatic carbocycles. The fourth-order valence-corrected chi connectivity index (χ4v) is 1.29. The average molecular weight is 196 g/mol. The molecule has 0 heterocycles. The van der Waals surface area contributed by atoms with Crippen molar-refractivity contribution in [3.63, 3.8) is 0 Å². The van der Waals surface area contributed by atoms with Crippen molar-refractivity contribution >= 4 is 5.97 Å². The fourth-order valence-electron chi connectivity index (χ4n) is 1.29. The van der Waals surface area contributed by atoms with Gasteiger partial charge in [0.15, 0.2) is 6.10 Å². The molecule has 1 atom stereocenters. The summed E-state index contributed by atoms with van der Waals surface area (Å²) >= 11 is 0. The van der Waals surface area contributed by atoms with Gasteiger partial charge in [0.05, 0.1) is 0 Å². The Morgan fingerprint density at radius 3 is 2.07 bits per heavy atom. The number of rotatable bonds is 2. The highest BCUT2D eigenvalue weighted by atomic mass is 16.4. The molecular weight excluding hydrogens is 184 g/mol. The van der Waals surface area contributed by atoms with Crippen molar-refractivity contribution in [1.82, 2.24) is 0 Å². The van der Waals surface area contributed by atoms with Crippen molar-refractivity contribution in [3.8, 4) is 5.75 Å². The first-order chi connectivity index (χ1) is 6.43. The molecule has 3 N–H and O–H groups in total. The first kappa shape index (κ1) is 10.5. The van der Waals surface area contributed by atoms with E-state index in [1.165, 1.54) is 12.1 Å². The zero-order chi connectivity index (χ0) is 10.9. The van der Waals surface area contributed by atoms with Gasteiger partial charge in [-0.3, -0.25) is 0 Å². The first-order valence-corrected chi connectivity index (χ1v) is 4.14. The Hall–Kier alpha value is -1.55. The lowest BCUT2D eigenvalue weighted by molar-refractivity contribution is -0.146. The van der Waals surface area contributed by atoms with Crippen molar-refractivity contribution in [2.75, 3.05) is 0 Å². The van der Waals surface area contributed by atoms with Crippen molar-refractivity contribution in [2.24, 2.45) is 0 Å². The Morgan fingerprint density at radius 1 is 1.29 bits per heavy atom. The highest BCUT2D eigenvalue weighted by molar-refractivity contribution is 5.74.